The topological polar surface area (TPSA) is 104 Å². The van der Waals surface area contributed by atoms with Crippen LogP contribution < -0.4 is 14.8 Å². The number of carbonyl (C=O) groups excluding carboxylic acids is 1. The number of phenols is 1. The summed E-state index contributed by atoms with van der Waals surface area (Å²) >= 11 is 0. The van der Waals surface area contributed by atoms with E-state index in [9.17, 15) is 19.4 Å². The molecule has 4 N–H and O–H groups in total. The van der Waals surface area contributed by atoms with E-state index in [1.807, 2.05) is 30.5 Å². The Kier molecular flexibility index (Phi) is 7.44. The van der Waals surface area contributed by atoms with E-state index in [4.69, 9.17) is 9.47 Å². The van der Waals surface area contributed by atoms with Crippen LogP contribution in [0.2, 0.25) is 0 Å². The van der Waals surface area contributed by atoms with E-state index in [2.05, 4.69) is 23.5 Å². The molecule has 40 heavy (non-hydrogen) atoms. The second-order valence-corrected chi connectivity index (χ2v) is 9.50. The number of aliphatic hydroxyl groups excluding tert-OH is 1. The van der Waals surface area contributed by atoms with Crippen LogP contribution in [0.15, 0.2) is 85.9 Å². The van der Waals surface area contributed by atoms with Crippen molar-refractivity contribution in [2.24, 2.45) is 0 Å². The van der Waals surface area contributed by atoms with Crippen molar-refractivity contribution >= 4 is 22.4 Å². The van der Waals surface area contributed by atoms with Crippen molar-refractivity contribution in [3.63, 3.8) is 0 Å². The van der Waals surface area contributed by atoms with E-state index in [1.165, 1.54) is 19.3 Å². The molecule has 0 radical (unpaired) electrons. The monoisotopic (exact) mass is 540 g/mol. The number of nitrogens with one attached hydrogen (secondary N) is 2. The van der Waals surface area contributed by atoms with Crippen LogP contribution in [-0.2, 0) is 13.0 Å². The van der Waals surface area contributed by atoms with Crippen molar-refractivity contribution in [1.29, 1.82) is 0 Å². The Morgan fingerprint density at radius 2 is 2.02 bits per heavy atom. The number of fused-ring (bicyclic) bond motifs is 4. The molecule has 0 aliphatic carbocycles. The first-order valence-corrected chi connectivity index (χ1v) is 12.7. The standard InChI is InChI=1S/C32H29FN2O5/c1-4-7-22(18(2)33)25-14-30-26(24-13-31(39-3)29(37)11-20(24)17-40-30)12-27(25)32(38)35-21(16-36)10-19-15-34-28-9-6-5-8-23(19)28/h4-9,11-15,21,34,36-37H,1-2,10,16-17H2,3H3,(H,35,38)/b22-7+/t21-/m1/s1. The number of carbonyl (C=O) groups is 1. The zero-order valence-corrected chi connectivity index (χ0v) is 22.0. The summed E-state index contributed by atoms with van der Waals surface area (Å²) < 4.78 is 25.9. The Balaban J connectivity index is 1.57. The number of H-pyrrole nitrogens is 1. The maximum atomic E-state index is 14.7. The normalized spacial score (nSPS) is 13.1. The SMILES string of the molecule is C=C/C=C(\C(=C)F)c1cc2c(cc1C(=O)N[C@@H](CO)Cc1c[nH]c3ccccc13)-c1cc(OC)c(O)cc1CO2. The third-order valence-corrected chi connectivity index (χ3v) is 7.01. The minimum absolute atomic E-state index is 0.0316. The van der Waals surface area contributed by atoms with Crippen LogP contribution in [0.3, 0.4) is 0 Å². The number of allylic oxidation sites excluding steroid dienone is 4. The predicted molar refractivity (Wildman–Crippen MR) is 153 cm³/mol. The first kappa shape index (κ1) is 26.8. The number of benzene rings is 3. The number of hydrogen-bond donors (Lipinski definition) is 4. The Hall–Kier alpha value is -4.82. The Morgan fingerprint density at radius 1 is 1.23 bits per heavy atom. The highest BCUT2D eigenvalue weighted by molar-refractivity contribution is 6.03. The van der Waals surface area contributed by atoms with Gasteiger partial charge in [0.25, 0.3) is 5.91 Å². The average molecular weight is 541 g/mol. The number of aromatic hydroxyl groups is 1. The van der Waals surface area contributed by atoms with Crippen molar-refractivity contribution in [2.45, 2.75) is 19.1 Å². The van der Waals surface area contributed by atoms with Crippen LogP contribution in [0.25, 0.3) is 27.6 Å². The number of rotatable bonds is 9. The number of aromatic amines is 1. The Labute approximate surface area is 230 Å². The largest absolute Gasteiger partial charge is 0.504 e. The summed E-state index contributed by atoms with van der Waals surface area (Å²) in [4.78, 5) is 17.0. The van der Waals surface area contributed by atoms with Gasteiger partial charge in [0, 0.05) is 44.9 Å². The minimum Gasteiger partial charge on any atom is -0.504 e. The van der Waals surface area contributed by atoms with E-state index in [-0.39, 0.29) is 41.4 Å². The van der Waals surface area contributed by atoms with E-state index in [0.29, 0.717) is 28.9 Å². The van der Waals surface area contributed by atoms with Crippen LogP contribution in [0, 0.1) is 0 Å². The summed E-state index contributed by atoms with van der Waals surface area (Å²) in [7, 11) is 1.45. The quantitative estimate of drug-likeness (QED) is 0.200. The fourth-order valence-electron chi connectivity index (χ4n) is 5.06. The minimum atomic E-state index is -0.741. The maximum Gasteiger partial charge on any atom is 0.252 e. The number of para-hydroxylation sites is 1. The molecular weight excluding hydrogens is 511 g/mol. The summed E-state index contributed by atoms with van der Waals surface area (Å²) in [6.07, 6.45) is 5.09. The number of phenolic OH excluding ortho intramolecular Hbond substituents is 1. The number of aromatic nitrogens is 1. The molecule has 1 aliphatic heterocycles. The fraction of sp³-hybridized carbons (Fsp3) is 0.156. The smallest absolute Gasteiger partial charge is 0.252 e. The van der Waals surface area contributed by atoms with Gasteiger partial charge in [-0.3, -0.25) is 4.79 Å². The van der Waals surface area contributed by atoms with Crippen LogP contribution in [-0.4, -0.2) is 40.9 Å². The lowest BCUT2D eigenvalue weighted by atomic mass is 9.89. The zero-order chi connectivity index (χ0) is 28.4. The lowest BCUT2D eigenvalue weighted by Crippen LogP contribution is -2.39. The van der Waals surface area contributed by atoms with Gasteiger partial charge in [0.2, 0.25) is 0 Å². The van der Waals surface area contributed by atoms with E-state index < -0.39 is 17.8 Å². The van der Waals surface area contributed by atoms with Crippen molar-refractivity contribution in [3.8, 4) is 28.4 Å². The van der Waals surface area contributed by atoms with Gasteiger partial charge in [0.05, 0.1) is 19.8 Å². The summed E-state index contributed by atoms with van der Waals surface area (Å²) in [5.41, 5.74) is 4.40. The second kappa shape index (κ2) is 11.1. The molecule has 0 fully saturated rings. The highest BCUT2D eigenvalue weighted by atomic mass is 19.1. The molecule has 0 saturated heterocycles. The molecule has 8 heteroatoms. The number of methoxy groups -OCH3 is 1. The van der Waals surface area contributed by atoms with Crippen LogP contribution in [0.4, 0.5) is 4.39 Å². The van der Waals surface area contributed by atoms with Crippen molar-refractivity contribution in [2.75, 3.05) is 13.7 Å². The number of halogens is 1. The lowest BCUT2D eigenvalue weighted by Gasteiger charge is -2.25. The molecule has 1 amide bonds. The van der Waals surface area contributed by atoms with Gasteiger partial charge in [0.15, 0.2) is 11.5 Å². The number of hydrogen-bond acceptors (Lipinski definition) is 5. The van der Waals surface area contributed by atoms with Crippen LogP contribution >= 0.6 is 0 Å². The van der Waals surface area contributed by atoms with Gasteiger partial charge in [0.1, 0.15) is 18.2 Å². The van der Waals surface area contributed by atoms with Crippen LogP contribution in [0.5, 0.6) is 17.2 Å². The van der Waals surface area contributed by atoms with Gasteiger partial charge in [-0.05, 0) is 47.9 Å². The highest BCUT2D eigenvalue weighted by Crippen LogP contribution is 2.45. The van der Waals surface area contributed by atoms with Crippen molar-refractivity contribution in [3.05, 3.63) is 108 Å². The van der Waals surface area contributed by atoms with Gasteiger partial charge in [-0.15, -0.1) is 0 Å². The van der Waals surface area contributed by atoms with Crippen LogP contribution in [0.1, 0.15) is 27.0 Å². The molecule has 0 bridgehead atoms. The van der Waals surface area contributed by atoms with E-state index in [1.54, 1.807) is 24.3 Å². The molecule has 1 aromatic heterocycles. The number of aliphatic hydroxyl groups is 1. The van der Waals surface area contributed by atoms with Gasteiger partial charge in [-0.2, -0.15) is 0 Å². The van der Waals surface area contributed by atoms with Crippen molar-refractivity contribution in [1.82, 2.24) is 10.3 Å². The van der Waals surface area contributed by atoms with Crippen molar-refractivity contribution < 1.29 is 28.9 Å². The predicted octanol–water partition coefficient (Wildman–Crippen LogP) is 5.83. The number of ether oxygens (including phenoxy) is 2. The molecule has 4 aromatic rings. The summed E-state index contributed by atoms with van der Waals surface area (Å²) in [5.74, 6) is -0.582. The molecule has 0 saturated carbocycles. The molecular formula is C32H29FN2O5. The van der Waals surface area contributed by atoms with Gasteiger partial charge in [-0.25, -0.2) is 4.39 Å². The van der Waals surface area contributed by atoms with Gasteiger partial charge < -0.3 is 30.0 Å². The third-order valence-electron chi connectivity index (χ3n) is 7.01. The Bertz CT molecular complexity index is 1670. The molecule has 2 heterocycles. The molecule has 3 aromatic carbocycles. The molecule has 0 spiro atoms. The van der Waals surface area contributed by atoms with Gasteiger partial charge >= 0.3 is 0 Å². The second-order valence-electron chi connectivity index (χ2n) is 9.50. The summed E-state index contributed by atoms with van der Waals surface area (Å²) in [6.45, 7) is 6.97. The zero-order valence-electron chi connectivity index (χ0n) is 22.0. The summed E-state index contributed by atoms with van der Waals surface area (Å²) in [6, 6.07) is 13.6. The molecule has 5 rings (SSSR count). The molecule has 204 valence electrons. The highest BCUT2D eigenvalue weighted by Gasteiger charge is 2.27. The molecule has 0 unspecified atom stereocenters. The molecule has 1 atom stereocenters. The molecule has 1 aliphatic rings. The van der Waals surface area contributed by atoms with E-state index in [0.717, 1.165) is 16.5 Å². The first-order chi connectivity index (χ1) is 19.3. The first-order valence-electron chi connectivity index (χ1n) is 12.7. The van der Waals surface area contributed by atoms with E-state index >= 15 is 0 Å². The summed E-state index contributed by atoms with van der Waals surface area (Å²) in [5, 5.41) is 24.3. The lowest BCUT2D eigenvalue weighted by molar-refractivity contribution is 0.0916. The number of amides is 1. The maximum absolute atomic E-state index is 14.7. The average Bonchev–Trinajstić information content (AvgIpc) is 3.36. The van der Waals surface area contributed by atoms with Gasteiger partial charge in [-0.1, -0.05) is 43.5 Å². The fourth-order valence-corrected chi connectivity index (χ4v) is 5.06. The third kappa shape index (κ3) is 4.97. The Morgan fingerprint density at radius 3 is 2.75 bits per heavy atom. The molecule has 7 nitrogen and oxygen atoms in total.